The van der Waals surface area contributed by atoms with Crippen LogP contribution >= 0.6 is 22.9 Å². The lowest BCUT2D eigenvalue weighted by Gasteiger charge is -2.17. The molecule has 0 fully saturated rings. The average Bonchev–Trinajstić information content (AvgIpc) is 3.52. The van der Waals surface area contributed by atoms with E-state index in [1.807, 2.05) is 66.9 Å². The number of para-hydroxylation sites is 2. The summed E-state index contributed by atoms with van der Waals surface area (Å²) in [6.07, 6.45) is -1.23. The molecule has 2 aromatic heterocycles. The number of carbonyl (C=O) groups is 2. The van der Waals surface area contributed by atoms with E-state index in [2.05, 4.69) is 21.8 Å². The van der Waals surface area contributed by atoms with E-state index >= 15 is 0 Å². The Bertz CT molecular complexity index is 1430. The molecule has 0 radical (unpaired) electrons. The van der Waals surface area contributed by atoms with E-state index in [4.69, 9.17) is 11.6 Å². The van der Waals surface area contributed by atoms with Crippen molar-refractivity contribution in [1.29, 1.82) is 0 Å². The van der Waals surface area contributed by atoms with Crippen molar-refractivity contribution in [3.63, 3.8) is 0 Å². The van der Waals surface area contributed by atoms with Crippen LogP contribution in [-0.2, 0) is 22.7 Å². The Morgan fingerprint density at radius 1 is 1.08 bits per heavy atom. The Morgan fingerprint density at radius 3 is 2.67 bits per heavy atom. The lowest BCUT2D eigenvalue weighted by atomic mass is 9.94. The fraction of sp³-hybridized carbons (Fsp3) is 0.367. The van der Waals surface area contributed by atoms with Gasteiger partial charge in [0.05, 0.1) is 24.1 Å². The van der Waals surface area contributed by atoms with Crippen LogP contribution in [0.4, 0.5) is 0 Å². The summed E-state index contributed by atoms with van der Waals surface area (Å²) in [5, 5.41) is 25.9. The number of imidazole rings is 1. The number of aliphatic hydroxyl groups excluding tert-OH is 2. The molecule has 0 aliphatic carbocycles. The number of nitrogens with zero attached hydrogens (tertiary/aromatic N) is 2. The van der Waals surface area contributed by atoms with Crippen molar-refractivity contribution >= 4 is 45.7 Å². The molecule has 1 amide bonds. The van der Waals surface area contributed by atoms with Crippen LogP contribution in [0.3, 0.4) is 0 Å². The first-order valence-electron chi connectivity index (χ1n) is 13.1. The molecule has 4 aromatic rings. The van der Waals surface area contributed by atoms with Crippen LogP contribution in [-0.4, -0.2) is 43.7 Å². The number of amides is 1. The number of carbonyl (C=O) groups excluding carboxylic acids is 2. The second kappa shape index (κ2) is 13.3. The van der Waals surface area contributed by atoms with Gasteiger partial charge in [0.2, 0.25) is 0 Å². The maximum absolute atomic E-state index is 12.4. The van der Waals surface area contributed by atoms with Gasteiger partial charge >= 0.3 is 0 Å². The lowest BCUT2D eigenvalue weighted by Crippen LogP contribution is -2.45. The van der Waals surface area contributed by atoms with E-state index in [9.17, 15) is 19.8 Å². The average molecular weight is 568 g/mol. The first-order chi connectivity index (χ1) is 18.7. The lowest BCUT2D eigenvalue weighted by molar-refractivity contribution is -0.145. The zero-order valence-electron chi connectivity index (χ0n) is 22.1. The number of benzene rings is 2. The number of unbranched alkanes of at least 4 members (excludes halogenated alkanes) is 1. The zero-order valence-corrected chi connectivity index (χ0v) is 23.7. The molecule has 7 nitrogen and oxygen atoms in total. The zero-order chi connectivity index (χ0) is 27.9. The van der Waals surface area contributed by atoms with Gasteiger partial charge in [0.25, 0.3) is 5.91 Å². The minimum atomic E-state index is -1.80. The molecule has 0 saturated heterocycles. The number of ketones is 1. The summed E-state index contributed by atoms with van der Waals surface area (Å²) in [6.45, 7) is 4.94. The fourth-order valence-corrected chi connectivity index (χ4v) is 5.67. The van der Waals surface area contributed by atoms with Crippen LogP contribution in [0, 0.1) is 6.92 Å². The number of fused-ring (bicyclic) bond motifs is 1. The molecule has 0 aliphatic heterocycles. The molecule has 2 unspecified atom stereocenters. The molecule has 0 bridgehead atoms. The maximum atomic E-state index is 12.4. The summed E-state index contributed by atoms with van der Waals surface area (Å²) in [4.78, 5) is 30.3. The van der Waals surface area contributed by atoms with E-state index in [1.54, 1.807) is 0 Å². The van der Waals surface area contributed by atoms with Crippen LogP contribution in [0.1, 0.15) is 60.4 Å². The summed E-state index contributed by atoms with van der Waals surface area (Å²) < 4.78 is 2.14. The summed E-state index contributed by atoms with van der Waals surface area (Å²) >= 11 is 7.56. The minimum absolute atomic E-state index is 0.102. The van der Waals surface area contributed by atoms with Crippen molar-refractivity contribution in [2.24, 2.45) is 0 Å². The highest BCUT2D eigenvalue weighted by atomic mass is 35.5. The molecule has 2 heterocycles. The van der Waals surface area contributed by atoms with Crippen molar-refractivity contribution in [3.8, 4) is 0 Å². The highest BCUT2D eigenvalue weighted by Crippen LogP contribution is 2.25. The highest BCUT2D eigenvalue weighted by molar-refractivity contribution is 7.10. The number of aromatic nitrogens is 2. The highest BCUT2D eigenvalue weighted by Gasteiger charge is 2.29. The number of thiophene rings is 1. The van der Waals surface area contributed by atoms with Gasteiger partial charge in [-0.15, -0.1) is 11.3 Å². The maximum Gasteiger partial charge on any atom is 0.252 e. The number of aliphatic hydroxyl groups is 2. The second-order valence-corrected chi connectivity index (χ2v) is 11.4. The Balaban J connectivity index is 1.20. The second-order valence-electron chi connectivity index (χ2n) is 9.93. The largest absolute Gasteiger partial charge is 0.382 e. The topological polar surface area (TPSA) is 104 Å². The van der Waals surface area contributed by atoms with E-state index in [0.717, 1.165) is 45.7 Å². The summed E-state index contributed by atoms with van der Waals surface area (Å²) in [5.74, 6) is -0.0814. The number of nitrogens with one attached hydrogen (secondary N) is 1. The third kappa shape index (κ3) is 7.54. The van der Waals surface area contributed by atoms with E-state index < -0.39 is 23.9 Å². The van der Waals surface area contributed by atoms with Crippen molar-refractivity contribution in [1.82, 2.24) is 14.9 Å². The monoisotopic (exact) mass is 567 g/mol. The first kappa shape index (κ1) is 29.0. The molecule has 0 spiro atoms. The SMILES string of the molecule is Cc1nc2ccccc2n1Cc1csc(CNC(=O)C(O)C(O)C(=O)CCCC[C@@H](C)c2cccc(Cl)c2)c1. The Labute approximate surface area is 237 Å². The van der Waals surface area contributed by atoms with Gasteiger partial charge in [-0.3, -0.25) is 9.59 Å². The van der Waals surface area contributed by atoms with Gasteiger partial charge in [-0.25, -0.2) is 4.98 Å². The van der Waals surface area contributed by atoms with Crippen LogP contribution in [0.25, 0.3) is 11.0 Å². The molecule has 3 N–H and O–H groups in total. The van der Waals surface area contributed by atoms with Crippen molar-refractivity contribution < 1.29 is 19.8 Å². The van der Waals surface area contributed by atoms with Crippen LogP contribution in [0.2, 0.25) is 5.02 Å². The number of halogens is 1. The molecule has 4 rings (SSSR count). The quantitative estimate of drug-likeness (QED) is 0.188. The minimum Gasteiger partial charge on any atom is -0.382 e. The summed E-state index contributed by atoms with van der Waals surface area (Å²) in [5.41, 5.74) is 4.24. The number of hydrogen-bond acceptors (Lipinski definition) is 6. The molecule has 9 heteroatoms. The molecule has 2 aromatic carbocycles. The first-order valence-corrected chi connectivity index (χ1v) is 14.4. The Morgan fingerprint density at radius 2 is 1.87 bits per heavy atom. The number of rotatable bonds is 13. The Hall–Kier alpha value is -3.04. The number of Topliss-reactive ketones (excluding diaryl/α,β-unsaturated/α-hetero) is 1. The third-order valence-electron chi connectivity index (χ3n) is 6.96. The molecule has 0 saturated carbocycles. The van der Waals surface area contributed by atoms with Gasteiger partial charge < -0.3 is 20.1 Å². The summed E-state index contributed by atoms with van der Waals surface area (Å²) in [7, 11) is 0. The molecular weight excluding hydrogens is 534 g/mol. The fourth-order valence-electron chi connectivity index (χ4n) is 4.66. The molecular formula is C30H34ClN3O4S. The van der Waals surface area contributed by atoms with Gasteiger partial charge in [-0.1, -0.05) is 49.2 Å². The van der Waals surface area contributed by atoms with E-state index in [1.165, 1.54) is 11.3 Å². The number of hydrogen-bond donors (Lipinski definition) is 3. The molecule has 206 valence electrons. The van der Waals surface area contributed by atoms with Crippen molar-refractivity contribution in [2.75, 3.05) is 0 Å². The predicted octanol–water partition coefficient (Wildman–Crippen LogP) is 5.38. The molecule has 0 aliphatic rings. The van der Waals surface area contributed by atoms with Crippen LogP contribution in [0.5, 0.6) is 0 Å². The van der Waals surface area contributed by atoms with Gasteiger partial charge in [0, 0.05) is 16.3 Å². The van der Waals surface area contributed by atoms with Gasteiger partial charge in [0.1, 0.15) is 11.9 Å². The molecule has 39 heavy (non-hydrogen) atoms. The van der Waals surface area contributed by atoms with Gasteiger partial charge in [-0.2, -0.15) is 0 Å². The van der Waals surface area contributed by atoms with Crippen molar-refractivity contribution in [3.05, 3.63) is 86.8 Å². The van der Waals surface area contributed by atoms with Crippen LogP contribution in [0.15, 0.2) is 60.0 Å². The van der Waals surface area contributed by atoms with E-state index in [-0.39, 0.29) is 13.0 Å². The smallest absolute Gasteiger partial charge is 0.252 e. The van der Waals surface area contributed by atoms with Crippen molar-refractivity contribution in [2.45, 2.75) is 70.7 Å². The standard InChI is InChI=1S/C30H34ClN3O4S/c1-19(22-9-7-10-23(31)15-22)8-3-6-13-27(35)28(36)29(37)30(38)32-16-24-14-21(18-39-24)17-34-20(2)33-25-11-4-5-12-26(25)34/h4-5,7,9-12,14-15,18-19,28-29,36-37H,3,6,8,13,16-17H2,1-2H3,(H,32,38)/t19-,28?,29?/m1/s1. The summed E-state index contributed by atoms with van der Waals surface area (Å²) in [6, 6.07) is 17.7. The van der Waals surface area contributed by atoms with E-state index in [0.29, 0.717) is 23.9 Å². The number of aryl methyl sites for hydroxylation is 1. The normalized spacial score (nSPS) is 13.8. The van der Waals surface area contributed by atoms with Gasteiger partial charge in [-0.05, 0) is 72.5 Å². The third-order valence-corrected chi connectivity index (χ3v) is 8.18. The van der Waals surface area contributed by atoms with Crippen LogP contribution < -0.4 is 5.32 Å². The predicted molar refractivity (Wildman–Crippen MR) is 155 cm³/mol. The van der Waals surface area contributed by atoms with Gasteiger partial charge in [0.15, 0.2) is 11.9 Å². The molecule has 3 atom stereocenters. The Kier molecular flexibility index (Phi) is 9.91.